The monoisotopic (exact) mass is 429 g/mol. The minimum Gasteiger partial charge on any atom is -0.493 e. The van der Waals surface area contributed by atoms with Gasteiger partial charge in [-0.05, 0) is 87.3 Å². The Morgan fingerprint density at radius 2 is 1.68 bits per heavy atom. The quantitative estimate of drug-likeness (QED) is 0.554. The van der Waals surface area contributed by atoms with Gasteiger partial charge >= 0.3 is 5.97 Å². The fourth-order valence-corrected chi connectivity index (χ4v) is 6.31. The van der Waals surface area contributed by atoms with Crippen LogP contribution >= 0.6 is 0 Å². The van der Waals surface area contributed by atoms with Gasteiger partial charge in [-0.3, -0.25) is 9.59 Å². The van der Waals surface area contributed by atoms with E-state index in [9.17, 15) is 9.59 Å². The van der Waals surface area contributed by atoms with Gasteiger partial charge in [0.2, 0.25) is 0 Å². The molecule has 0 radical (unpaired) electrons. The Balaban J connectivity index is 1.32. The summed E-state index contributed by atoms with van der Waals surface area (Å²) in [6.07, 6.45) is 6.03. The predicted octanol–water partition coefficient (Wildman–Crippen LogP) is 4.06. The number of esters is 1. The van der Waals surface area contributed by atoms with E-state index in [1.807, 2.05) is 32.0 Å². The Morgan fingerprint density at radius 3 is 2.26 bits per heavy atom. The molecule has 0 aromatic heterocycles. The minimum atomic E-state index is -0.177. The number of hydrogen-bond acceptors (Lipinski definition) is 5. The zero-order chi connectivity index (χ0) is 22.0. The molecule has 4 bridgehead atoms. The fourth-order valence-electron chi connectivity index (χ4n) is 6.31. The lowest BCUT2D eigenvalue weighted by Crippen LogP contribution is -2.48. The lowest BCUT2D eigenvalue weighted by Gasteiger charge is -2.53. The molecule has 0 spiro atoms. The van der Waals surface area contributed by atoms with Crippen molar-refractivity contribution in [3.63, 3.8) is 0 Å². The summed E-state index contributed by atoms with van der Waals surface area (Å²) in [5.74, 6) is 3.60. The lowest BCUT2D eigenvalue weighted by molar-refractivity contribution is -0.166. The molecule has 0 unspecified atom stereocenters. The summed E-state index contributed by atoms with van der Waals surface area (Å²) in [7, 11) is 1.61. The van der Waals surface area contributed by atoms with Crippen molar-refractivity contribution < 1.29 is 23.8 Å². The molecule has 4 saturated carbocycles. The highest BCUT2D eigenvalue weighted by Gasteiger charge is 2.51. The molecule has 1 amide bonds. The van der Waals surface area contributed by atoms with Crippen molar-refractivity contribution in [3.8, 4) is 11.5 Å². The molecule has 6 nitrogen and oxygen atoms in total. The number of amides is 1. The third-order valence-electron chi connectivity index (χ3n) is 7.47. The molecule has 0 heterocycles. The summed E-state index contributed by atoms with van der Waals surface area (Å²) in [5.41, 5.74) is 0.947. The molecule has 1 aromatic rings. The maximum atomic E-state index is 12.9. The Labute approximate surface area is 185 Å². The van der Waals surface area contributed by atoms with Crippen molar-refractivity contribution in [2.75, 3.05) is 26.9 Å². The van der Waals surface area contributed by atoms with Crippen LogP contribution in [0.4, 0.5) is 0 Å². The molecule has 5 rings (SSSR count). The van der Waals surface area contributed by atoms with Gasteiger partial charge < -0.3 is 19.1 Å². The minimum absolute atomic E-state index is 0.00560. The average Bonchev–Trinajstić information content (AvgIpc) is 2.76. The van der Waals surface area contributed by atoms with Crippen LogP contribution in [0, 0.1) is 29.6 Å². The molecule has 4 aliphatic carbocycles. The summed E-state index contributed by atoms with van der Waals surface area (Å²) < 4.78 is 16.5. The van der Waals surface area contributed by atoms with E-state index in [2.05, 4.69) is 0 Å². The van der Waals surface area contributed by atoms with Gasteiger partial charge in [0.15, 0.2) is 18.1 Å². The SMILES string of the molecule is CCOc1ccc(CN(CC)C(=O)COC(=O)C2C3CC4CC(C3)CC2C4)cc1OC. The Morgan fingerprint density at radius 1 is 1.00 bits per heavy atom. The second kappa shape index (κ2) is 9.49. The second-order valence-electron chi connectivity index (χ2n) is 9.39. The van der Waals surface area contributed by atoms with Crippen LogP contribution in [0.5, 0.6) is 11.5 Å². The summed E-state index contributed by atoms with van der Waals surface area (Å²) in [6, 6.07) is 5.69. The topological polar surface area (TPSA) is 65.1 Å². The van der Waals surface area contributed by atoms with E-state index in [0.29, 0.717) is 43.0 Å². The first kappa shape index (κ1) is 22.0. The van der Waals surface area contributed by atoms with Crippen LogP contribution in [0.1, 0.15) is 51.5 Å². The number of nitrogens with zero attached hydrogens (tertiary/aromatic N) is 1. The smallest absolute Gasteiger partial charge is 0.310 e. The first-order valence-electron chi connectivity index (χ1n) is 11.8. The van der Waals surface area contributed by atoms with Crippen LogP contribution in [-0.4, -0.2) is 43.6 Å². The highest BCUT2D eigenvalue weighted by atomic mass is 16.5. The van der Waals surface area contributed by atoms with Gasteiger partial charge in [-0.15, -0.1) is 0 Å². The lowest BCUT2D eigenvalue weighted by atomic mass is 9.52. The number of benzene rings is 1. The normalized spacial score (nSPS) is 28.3. The van der Waals surface area contributed by atoms with Crippen molar-refractivity contribution in [1.82, 2.24) is 4.90 Å². The highest BCUT2D eigenvalue weighted by Crippen LogP contribution is 2.56. The van der Waals surface area contributed by atoms with Crippen molar-refractivity contribution in [2.24, 2.45) is 29.6 Å². The van der Waals surface area contributed by atoms with Crippen LogP contribution in [-0.2, 0) is 20.9 Å². The molecule has 0 saturated heterocycles. The number of methoxy groups -OCH3 is 1. The van der Waals surface area contributed by atoms with E-state index in [1.54, 1.807) is 12.0 Å². The van der Waals surface area contributed by atoms with Crippen LogP contribution in [0.3, 0.4) is 0 Å². The van der Waals surface area contributed by atoms with E-state index < -0.39 is 0 Å². The van der Waals surface area contributed by atoms with E-state index >= 15 is 0 Å². The molecular weight excluding hydrogens is 394 g/mol. The van der Waals surface area contributed by atoms with E-state index in [0.717, 1.165) is 17.4 Å². The predicted molar refractivity (Wildman–Crippen MR) is 117 cm³/mol. The molecule has 1 aromatic carbocycles. The van der Waals surface area contributed by atoms with Gasteiger partial charge in [-0.1, -0.05) is 6.07 Å². The fraction of sp³-hybridized carbons (Fsp3) is 0.680. The first-order valence-corrected chi connectivity index (χ1v) is 11.8. The van der Waals surface area contributed by atoms with E-state index in [1.165, 1.54) is 32.1 Å². The number of carbonyl (C=O) groups excluding carboxylic acids is 2. The third kappa shape index (κ3) is 4.68. The molecule has 4 aliphatic rings. The van der Waals surface area contributed by atoms with Gasteiger partial charge in [-0.2, -0.15) is 0 Å². The molecule has 6 heteroatoms. The Kier molecular flexibility index (Phi) is 6.73. The molecule has 0 atom stereocenters. The molecular formula is C25H35NO5. The number of carbonyl (C=O) groups is 2. The zero-order valence-electron chi connectivity index (χ0n) is 19.0. The highest BCUT2D eigenvalue weighted by molar-refractivity contribution is 5.81. The standard InChI is InChI=1S/C25H35NO5/c1-4-26(14-16-6-7-21(30-5-2)22(13-16)29-3)23(27)15-31-25(28)24-19-9-17-8-18(11-19)12-20(24)10-17/h6-7,13,17-20,24H,4-5,8-12,14-15H2,1-3H3. The number of hydrogen-bond donors (Lipinski definition) is 0. The largest absolute Gasteiger partial charge is 0.493 e. The molecule has 0 N–H and O–H groups in total. The summed E-state index contributed by atoms with van der Waals surface area (Å²) in [6.45, 7) is 5.23. The molecule has 0 aliphatic heterocycles. The van der Waals surface area contributed by atoms with Crippen LogP contribution in [0.2, 0.25) is 0 Å². The maximum Gasteiger partial charge on any atom is 0.310 e. The van der Waals surface area contributed by atoms with Crippen LogP contribution in [0.15, 0.2) is 18.2 Å². The average molecular weight is 430 g/mol. The first-order chi connectivity index (χ1) is 15.0. The molecule has 4 fully saturated rings. The number of rotatable bonds is 9. The Hall–Kier alpha value is -2.24. The zero-order valence-corrected chi connectivity index (χ0v) is 19.0. The number of likely N-dealkylation sites (N-methyl/N-ethyl adjacent to an activating group) is 1. The van der Waals surface area contributed by atoms with Gasteiger partial charge in [0.05, 0.1) is 19.6 Å². The molecule has 170 valence electrons. The molecule has 31 heavy (non-hydrogen) atoms. The third-order valence-corrected chi connectivity index (χ3v) is 7.47. The van der Waals surface area contributed by atoms with Gasteiger partial charge in [-0.25, -0.2) is 0 Å². The summed E-state index contributed by atoms with van der Waals surface area (Å²) in [5, 5.41) is 0. The van der Waals surface area contributed by atoms with Crippen LogP contribution < -0.4 is 9.47 Å². The van der Waals surface area contributed by atoms with Gasteiger partial charge in [0.25, 0.3) is 5.91 Å². The summed E-state index contributed by atoms with van der Waals surface area (Å²) >= 11 is 0. The van der Waals surface area contributed by atoms with Gasteiger partial charge in [0.1, 0.15) is 0 Å². The van der Waals surface area contributed by atoms with Crippen molar-refractivity contribution >= 4 is 11.9 Å². The number of ether oxygens (including phenoxy) is 3. The van der Waals surface area contributed by atoms with Crippen molar-refractivity contribution in [1.29, 1.82) is 0 Å². The van der Waals surface area contributed by atoms with Crippen molar-refractivity contribution in [2.45, 2.75) is 52.5 Å². The van der Waals surface area contributed by atoms with Gasteiger partial charge in [0, 0.05) is 13.1 Å². The van der Waals surface area contributed by atoms with E-state index in [4.69, 9.17) is 14.2 Å². The second-order valence-corrected chi connectivity index (χ2v) is 9.39. The van der Waals surface area contributed by atoms with E-state index in [-0.39, 0.29) is 24.4 Å². The maximum absolute atomic E-state index is 12.9. The van der Waals surface area contributed by atoms with Crippen molar-refractivity contribution in [3.05, 3.63) is 23.8 Å². The summed E-state index contributed by atoms with van der Waals surface area (Å²) in [4.78, 5) is 27.4. The Bertz CT molecular complexity index is 779. The van der Waals surface area contributed by atoms with Crippen LogP contribution in [0.25, 0.3) is 0 Å².